The number of carbonyl (C=O) groups is 1. The first-order valence-electron chi connectivity index (χ1n) is 7.97. The summed E-state index contributed by atoms with van der Waals surface area (Å²) in [5.41, 5.74) is 1.96. The van der Waals surface area contributed by atoms with Crippen molar-refractivity contribution < 1.29 is 9.90 Å². The summed E-state index contributed by atoms with van der Waals surface area (Å²) in [4.78, 5) is 18.2. The number of nitrogens with zero attached hydrogens (tertiary/aromatic N) is 2. The van der Waals surface area contributed by atoms with E-state index in [9.17, 15) is 9.90 Å². The van der Waals surface area contributed by atoms with E-state index in [-0.39, 0.29) is 11.8 Å². The number of amides is 2. The predicted molar refractivity (Wildman–Crippen MR) is 95.2 cm³/mol. The number of aryl methyl sites for hydroxylation is 1. The molecule has 2 amide bonds. The average Bonchev–Trinajstić information content (AvgIpc) is 2.58. The number of benzene rings is 1. The van der Waals surface area contributed by atoms with Gasteiger partial charge in [0.2, 0.25) is 0 Å². The van der Waals surface area contributed by atoms with Gasteiger partial charge in [0.15, 0.2) is 0 Å². The molecule has 3 N–H and O–H groups in total. The molecule has 6 heteroatoms. The zero-order valence-corrected chi connectivity index (χ0v) is 14.1. The van der Waals surface area contributed by atoms with E-state index in [0.29, 0.717) is 13.1 Å². The fourth-order valence-electron chi connectivity index (χ4n) is 2.20. The maximum Gasteiger partial charge on any atom is 0.315 e. The Hall–Kier alpha value is -2.76. The van der Waals surface area contributed by atoms with Crippen molar-refractivity contribution in [2.24, 2.45) is 0 Å². The minimum Gasteiger partial charge on any atom is -0.508 e. The second kappa shape index (κ2) is 8.76. The normalized spacial score (nSPS) is 10.2. The molecule has 1 heterocycles. The van der Waals surface area contributed by atoms with E-state index in [0.717, 1.165) is 29.9 Å². The van der Waals surface area contributed by atoms with Gasteiger partial charge in [-0.15, -0.1) is 0 Å². The molecule has 0 saturated heterocycles. The van der Waals surface area contributed by atoms with E-state index < -0.39 is 0 Å². The molecule has 0 saturated carbocycles. The summed E-state index contributed by atoms with van der Waals surface area (Å²) >= 11 is 0. The van der Waals surface area contributed by atoms with Crippen LogP contribution in [0.25, 0.3) is 0 Å². The summed E-state index contributed by atoms with van der Waals surface area (Å²) in [5.74, 6) is 1.13. The molecule has 24 heavy (non-hydrogen) atoms. The highest BCUT2D eigenvalue weighted by Gasteiger charge is 2.03. The first-order chi connectivity index (χ1) is 11.5. The molecule has 2 aromatic rings. The molecule has 0 spiro atoms. The van der Waals surface area contributed by atoms with Crippen LogP contribution in [0.4, 0.5) is 10.6 Å². The second-order valence-electron chi connectivity index (χ2n) is 5.76. The molecule has 0 aliphatic rings. The Morgan fingerprint density at radius 1 is 1.12 bits per heavy atom. The molecule has 0 radical (unpaired) electrons. The lowest BCUT2D eigenvalue weighted by Crippen LogP contribution is -2.35. The van der Waals surface area contributed by atoms with E-state index in [1.807, 2.05) is 49.3 Å². The number of phenols is 1. The van der Waals surface area contributed by atoms with Crippen molar-refractivity contribution in [2.45, 2.75) is 19.4 Å². The van der Waals surface area contributed by atoms with Crippen LogP contribution in [0.15, 0.2) is 42.5 Å². The van der Waals surface area contributed by atoms with Gasteiger partial charge in [-0.25, -0.2) is 9.78 Å². The van der Waals surface area contributed by atoms with Gasteiger partial charge in [0.05, 0.1) is 12.2 Å². The predicted octanol–water partition coefficient (Wildman–Crippen LogP) is 2.29. The molecular formula is C18H24N4O2. The first-order valence-corrected chi connectivity index (χ1v) is 7.97. The van der Waals surface area contributed by atoms with Crippen LogP contribution in [0, 0.1) is 0 Å². The highest BCUT2D eigenvalue weighted by molar-refractivity contribution is 5.73. The molecule has 0 aliphatic carbocycles. The number of nitrogens with one attached hydrogen (secondary N) is 2. The number of aromatic hydroxyl groups is 1. The summed E-state index contributed by atoms with van der Waals surface area (Å²) in [7, 11) is 3.86. The van der Waals surface area contributed by atoms with Gasteiger partial charge in [-0.05, 0) is 42.7 Å². The van der Waals surface area contributed by atoms with Crippen molar-refractivity contribution in [2.75, 3.05) is 25.5 Å². The van der Waals surface area contributed by atoms with Gasteiger partial charge < -0.3 is 20.6 Å². The first kappa shape index (κ1) is 17.6. The quantitative estimate of drug-likeness (QED) is 0.682. The largest absolute Gasteiger partial charge is 0.508 e. The van der Waals surface area contributed by atoms with Crippen molar-refractivity contribution in [3.05, 3.63) is 53.7 Å². The molecule has 1 aromatic heterocycles. The van der Waals surface area contributed by atoms with Crippen molar-refractivity contribution in [1.82, 2.24) is 15.6 Å². The molecule has 0 fully saturated rings. The van der Waals surface area contributed by atoms with E-state index in [2.05, 4.69) is 15.6 Å². The van der Waals surface area contributed by atoms with Crippen molar-refractivity contribution in [3.8, 4) is 5.75 Å². The maximum absolute atomic E-state index is 11.8. The standard InChI is InChI=1S/C18H24N4O2/c1-22(2)17-7-3-6-15(21-17)13-20-18(24)19-12-4-5-14-8-10-16(23)11-9-14/h3,6-11,23H,4-5,12-13H2,1-2H3,(H2,19,20,24). The number of anilines is 1. The SMILES string of the molecule is CN(C)c1cccc(CNC(=O)NCCCc2ccc(O)cc2)n1. The Kier molecular flexibility index (Phi) is 6.42. The number of carbonyl (C=O) groups excluding carboxylic acids is 1. The van der Waals surface area contributed by atoms with Gasteiger partial charge in [-0.1, -0.05) is 18.2 Å². The average molecular weight is 328 g/mol. The fraction of sp³-hybridized carbons (Fsp3) is 0.333. The number of hydrogen-bond acceptors (Lipinski definition) is 4. The van der Waals surface area contributed by atoms with E-state index in [1.54, 1.807) is 12.1 Å². The Morgan fingerprint density at radius 2 is 1.88 bits per heavy atom. The van der Waals surface area contributed by atoms with Gasteiger partial charge >= 0.3 is 6.03 Å². The Balaban J connectivity index is 1.66. The summed E-state index contributed by atoms with van der Waals surface area (Å²) in [6, 6.07) is 12.7. The summed E-state index contributed by atoms with van der Waals surface area (Å²) in [6.45, 7) is 0.989. The number of urea groups is 1. The number of rotatable bonds is 7. The number of hydrogen-bond donors (Lipinski definition) is 3. The van der Waals surface area contributed by atoms with Gasteiger partial charge in [-0.3, -0.25) is 0 Å². The van der Waals surface area contributed by atoms with Crippen LogP contribution in [0.3, 0.4) is 0 Å². The van der Waals surface area contributed by atoms with Crippen LogP contribution < -0.4 is 15.5 Å². The Morgan fingerprint density at radius 3 is 2.58 bits per heavy atom. The molecule has 0 bridgehead atoms. The van der Waals surface area contributed by atoms with E-state index in [1.165, 1.54) is 0 Å². The highest BCUT2D eigenvalue weighted by Crippen LogP contribution is 2.10. The molecule has 0 unspecified atom stereocenters. The number of phenolic OH excluding ortho intramolecular Hbond substituents is 1. The lowest BCUT2D eigenvalue weighted by molar-refractivity contribution is 0.240. The topological polar surface area (TPSA) is 77.5 Å². The smallest absolute Gasteiger partial charge is 0.315 e. The zero-order valence-electron chi connectivity index (χ0n) is 14.1. The minimum atomic E-state index is -0.197. The van der Waals surface area contributed by atoms with Gasteiger partial charge in [0.25, 0.3) is 0 Å². The zero-order chi connectivity index (χ0) is 17.4. The molecule has 2 rings (SSSR count). The summed E-state index contributed by atoms with van der Waals surface area (Å²) < 4.78 is 0. The van der Waals surface area contributed by atoms with Gasteiger partial charge in [0.1, 0.15) is 11.6 Å². The molecule has 6 nitrogen and oxygen atoms in total. The Labute approximate surface area is 142 Å². The van der Waals surface area contributed by atoms with Crippen LogP contribution in [-0.2, 0) is 13.0 Å². The minimum absolute atomic E-state index is 0.197. The van der Waals surface area contributed by atoms with E-state index in [4.69, 9.17) is 0 Å². The molecule has 0 aliphatic heterocycles. The van der Waals surface area contributed by atoms with Gasteiger partial charge in [0, 0.05) is 20.6 Å². The maximum atomic E-state index is 11.8. The molecule has 128 valence electrons. The van der Waals surface area contributed by atoms with Crippen LogP contribution in [-0.4, -0.2) is 36.8 Å². The lowest BCUT2D eigenvalue weighted by atomic mass is 10.1. The van der Waals surface area contributed by atoms with Crippen molar-refractivity contribution in [1.29, 1.82) is 0 Å². The third-order valence-corrected chi connectivity index (χ3v) is 3.54. The van der Waals surface area contributed by atoms with Crippen LogP contribution >= 0.6 is 0 Å². The molecule has 1 aromatic carbocycles. The monoisotopic (exact) mass is 328 g/mol. The fourth-order valence-corrected chi connectivity index (χ4v) is 2.20. The molecular weight excluding hydrogens is 304 g/mol. The summed E-state index contributed by atoms with van der Waals surface area (Å²) in [6.07, 6.45) is 1.69. The van der Waals surface area contributed by atoms with Crippen LogP contribution in [0.1, 0.15) is 17.7 Å². The molecule has 0 atom stereocenters. The van der Waals surface area contributed by atoms with Crippen LogP contribution in [0.2, 0.25) is 0 Å². The highest BCUT2D eigenvalue weighted by atomic mass is 16.3. The third kappa shape index (κ3) is 5.79. The van der Waals surface area contributed by atoms with Crippen molar-refractivity contribution in [3.63, 3.8) is 0 Å². The lowest BCUT2D eigenvalue weighted by Gasteiger charge is -2.12. The van der Waals surface area contributed by atoms with Crippen molar-refractivity contribution >= 4 is 11.8 Å². The van der Waals surface area contributed by atoms with Crippen LogP contribution in [0.5, 0.6) is 5.75 Å². The van der Waals surface area contributed by atoms with Gasteiger partial charge in [-0.2, -0.15) is 0 Å². The van der Waals surface area contributed by atoms with E-state index >= 15 is 0 Å². The summed E-state index contributed by atoms with van der Waals surface area (Å²) in [5, 5.41) is 14.9. The number of pyridine rings is 1. The Bertz CT molecular complexity index is 656. The third-order valence-electron chi connectivity index (χ3n) is 3.54. The second-order valence-corrected chi connectivity index (χ2v) is 5.76. The number of aromatic nitrogens is 1.